The number of nitrogens with zero attached hydrogens (tertiary/aromatic N) is 3. The number of fused-ring (bicyclic) bond motifs is 2. The standard InChI is InChI=1S/C20H23N5O/c1-11-9-15-16(10-12(11)2)22-19(21-15)17-7-4-8-25(17)20(26)18-13-5-3-6-14(13)23-24-18/h9-10,17H,3-8H2,1-2H3,(H,21,22)(H,23,24). The number of carbonyl (C=O) groups is 1. The molecule has 134 valence electrons. The number of aryl methyl sites for hydroxylation is 3. The predicted octanol–water partition coefficient (Wildman–Crippen LogP) is 3.37. The molecule has 1 aromatic carbocycles. The van der Waals surface area contributed by atoms with E-state index in [1.54, 1.807) is 0 Å². The molecule has 1 atom stereocenters. The number of nitrogens with one attached hydrogen (secondary N) is 2. The fourth-order valence-electron chi connectivity index (χ4n) is 4.37. The smallest absolute Gasteiger partial charge is 0.275 e. The van der Waals surface area contributed by atoms with Gasteiger partial charge in [-0.3, -0.25) is 9.89 Å². The van der Waals surface area contributed by atoms with Crippen LogP contribution in [-0.2, 0) is 12.8 Å². The normalized spacial score (nSPS) is 19.5. The molecule has 6 nitrogen and oxygen atoms in total. The van der Waals surface area contributed by atoms with Crippen LogP contribution in [0.3, 0.4) is 0 Å². The molecule has 2 N–H and O–H groups in total. The summed E-state index contributed by atoms with van der Waals surface area (Å²) in [5.41, 5.74) is 7.38. The molecule has 1 aliphatic heterocycles. The zero-order chi connectivity index (χ0) is 17.8. The quantitative estimate of drug-likeness (QED) is 0.744. The van der Waals surface area contributed by atoms with Gasteiger partial charge in [-0.15, -0.1) is 0 Å². The number of imidazole rings is 1. The molecule has 3 aromatic rings. The van der Waals surface area contributed by atoms with Gasteiger partial charge in [0.1, 0.15) is 5.82 Å². The van der Waals surface area contributed by atoms with Crippen LogP contribution >= 0.6 is 0 Å². The van der Waals surface area contributed by atoms with E-state index in [0.29, 0.717) is 5.69 Å². The Morgan fingerprint density at radius 1 is 1.19 bits per heavy atom. The molecule has 3 heterocycles. The summed E-state index contributed by atoms with van der Waals surface area (Å²) in [4.78, 5) is 23.4. The van der Waals surface area contributed by atoms with Crippen LogP contribution in [0.5, 0.6) is 0 Å². The summed E-state index contributed by atoms with van der Waals surface area (Å²) in [5.74, 6) is 0.933. The first kappa shape index (κ1) is 15.6. The molecular weight excluding hydrogens is 326 g/mol. The third-order valence-electron chi connectivity index (χ3n) is 5.95. The SMILES string of the molecule is Cc1cc2nc(C3CCCN3C(=O)c3n[nH]c4c3CCC4)[nH]c2cc1C. The first-order valence-corrected chi connectivity index (χ1v) is 9.46. The summed E-state index contributed by atoms with van der Waals surface area (Å²) in [5, 5.41) is 7.39. The number of likely N-dealkylation sites (tertiary alicyclic amines) is 1. The van der Waals surface area contributed by atoms with Crippen LogP contribution in [0.15, 0.2) is 12.1 Å². The molecule has 2 aliphatic rings. The third-order valence-corrected chi connectivity index (χ3v) is 5.95. The molecule has 0 radical (unpaired) electrons. The van der Waals surface area contributed by atoms with Gasteiger partial charge in [-0.05, 0) is 69.2 Å². The number of hydrogen-bond donors (Lipinski definition) is 2. The molecule has 5 rings (SSSR count). The van der Waals surface area contributed by atoms with E-state index in [1.807, 2.05) is 4.90 Å². The van der Waals surface area contributed by atoms with Gasteiger partial charge in [0.2, 0.25) is 0 Å². The maximum Gasteiger partial charge on any atom is 0.275 e. The molecule has 6 heteroatoms. The maximum absolute atomic E-state index is 13.2. The van der Waals surface area contributed by atoms with E-state index < -0.39 is 0 Å². The lowest BCUT2D eigenvalue weighted by Gasteiger charge is -2.22. The highest BCUT2D eigenvalue weighted by molar-refractivity contribution is 5.94. The van der Waals surface area contributed by atoms with E-state index in [-0.39, 0.29) is 11.9 Å². The molecule has 1 amide bonds. The monoisotopic (exact) mass is 349 g/mol. The van der Waals surface area contributed by atoms with Crippen molar-refractivity contribution in [1.82, 2.24) is 25.1 Å². The number of hydrogen-bond acceptors (Lipinski definition) is 3. The number of amides is 1. The fraction of sp³-hybridized carbons (Fsp3) is 0.450. The lowest BCUT2D eigenvalue weighted by atomic mass is 10.1. The highest BCUT2D eigenvalue weighted by atomic mass is 16.2. The minimum absolute atomic E-state index is 0.00395. The van der Waals surface area contributed by atoms with Crippen molar-refractivity contribution < 1.29 is 4.79 Å². The molecule has 1 saturated heterocycles. The molecule has 26 heavy (non-hydrogen) atoms. The van der Waals surface area contributed by atoms with Gasteiger partial charge >= 0.3 is 0 Å². The largest absolute Gasteiger partial charge is 0.340 e. The first-order valence-electron chi connectivity index (χ1n) is 9.46. The van der Waals surface area contributed by atoms with E-state index in [2.05, 4.69) is 41.2 Å². The fourth-order valence-corrected chi connectivity index (χ4v) is 4.37. The second-order valence-corrected chi connectivity index (χ2v) is 7.62. The van der Waals surface area contributed by atoms with Crippen molar-refractivity contribution in [3.05, 3.63) is 46.0 Å². The van der Waals surface area contributed by atoms with Crippen molar-refractivity contribution in [2.24, 2.45) is 0 Å². The van der Waals surface area contributed by atoms with Gasteiger partial charge in [0.15, 0.2) is 5.69 Å². The second kappa shape index (κ2) is 5.69. The molecule has 2 aromatic heterocycles. The van der Waals surface area contributed by atoms with Gasteiger partial charge in [-0.25, -0.2) is 4.98 Å². The van der Waals surface area contributed by atoms with E-state index in [0.717, 1.165) is 66.8 Å². The summed E-state index contributed by atoms with van der Waals surface area (Å²) in [6, 6.07) is 4.26. The summed E-state index contributed by atoms with van der Waals surface area (Å²) in [7, 11) is 0. The van der Waals surface area contributed by atoms with E-state index in [9.17, 15) is 4.79 Å². The first-order chi connectivity index (χ1) is 12.6. The van der Waals surface area contributed by atoms with Crippen LogP contribution < -0.4 is 0 Å². The predicted molar refractivity (Wildman–Crippen MR) is 99.2 cm³/mol. The van der Waals surface area contributed by atoms with Gasteiger partial charge in [-0.1, -0.05) is 0 Å². The number of aromatic nitrogens is 4. The average molecular weight is 349 g/mol. The summed E-state index contributed by atoms with van der Waals surface area (Å²) in [6.45, 7) is 4.98. The highest BCUT2D eigenvalue weighted by Gasteiger charge is 2.35. The van der Waals surface area contributed by atoms with E-state index >= 15 is 0 Å². The number of carbonyl (C=O) groups excluding carboxylic acids is 1. The molecule has 0 spiro atoms. The van der Waals surface area contributed by atoms with Crippen molar-refractivity contribution in [2.45, 2.75) is 52.0 Å². The van der Waals surface area contributed by atoms with Gasteiger partial charge in [0, 0.05) is 17.8 Å². The summed E-state index contributed by atoms with van der Waals surface area (Å²) >= 11 is 0. The zero-order valence-corrected chi connectivity index (χ0v) is 15.2. The Morgan fingerprint density at radius 3 is 2.92 bits per heavy atom. The summed E-state index contributed by atoms with van der Waals surface area (Å²) < 4.78 is 0. The van der Waals surface area contributed by atoms with Crippen LogP contribution in [0, 0.1) is 13.8 Å². The Balaban J connectivity index is 1.49. The van der Waals surface area contributed by atoms with Crippen molar-refractivity contribution in [1.29, 1.82) is 0 Å². The van der Waals surface area contributed by atoms with Crippen molar-refractivity contribution in [3.8, 4) is 0 Å². The molecule has 0 bridgehead atoms. The molecule has 0 saturated carbocycles. The topological polar surface area (TPSA) is 77.7 Å². The minimum atomic E-state index is 0.00395. The van der Waals surface area contributed by atoms with Crippen LogP contribution in [-0.4, -0.2) is 37.5 Å². The minimum Gasteiger partial charge on any atom is -0.340 e. The Hall–Kier alpha value is -2.63. The Bertz CT molecular complexity index is 976. The molecular formula is C20H23N5O. The zero-order valence-electron chi connectivity index (χ0n) is 15.2. The highest BCUT2D eigenvalue weighted by Crippen LogP contribution is 2.34. The van der Waals surface area contributed by atoms with Crippen LogP contribution in [0.1, 0.15) is 64.0 Å². The Morgan fingerprint density at radius 2 is 2.04 bits per heavy atom. The lowest BCUT2D eigenvalue weighted by molar-refractivity contribution is 0.0723. The third kappa shape index (κ3) is 2.28. The van der Waals surface area contributed by atoms with E-state index in [4.69, 9.17) is 4.98 Å². The number of H-pyrrole nitrogens is 2. The van der Waals surface area contributed by atoms with Crippen LogP contribution in [0.25, 0.3) is 11.0 Å². The van der Waals surface area contributed by atoms with Crippen molar-refractivity contribution in [3.63, 3.8) is 0 Å². The van der Waals surface area contributed by atoms with Gasteiger partial charge in [0.05, 0.1) is 17.1 Å². The van der Waals surface area contributed by atoms with Crippen LogP contribution in [0.4, 0.5) is 0 Å². The maximum atomic E-state index is 13.2. The molecule has 1 unspecified atom stereocenters. The van der Waals surface area contributed by atoms with Gasteiger partial charge in [0.25, 0.3) is 5.91 Å². The molecule has 1 fully saturated rings. The van der Waals surface area contributed by atoms with Gasteiger partial charge < -0.3 is 9.88 Å². The van der Waals surface area contributed by atoms with Crippen molar-refractivity contribution >= 4 is 16.9 Å². The van der Waals surface area contributed by atoms with Crippen molar-refractivity contribution in [2.75, 3.05) is 6.54 Å². The lowest BCUT2D eigenvalue weighted by Crippen LogP contribution is -2.32. The Labute approximate surface area is 152 Å². The number of aromatic amines is 2. The van der Waals surface area contributed by atoms with E-state index in [1.165, 1.54) is 11.1 Å². The van der Waals surface area contributed by atoms with Gasteiger partial charge in [-0.2, -0.15) is 5.10 Å². The number of rotatable bonds is 2. The number of benzene rings is 1. The second-order valence-electron chi connectivity index (χ2n) is 7.62. The Kier molecular flexibility index (Phi) is 3.42. The molecule has 1 aliphatic carbocycles. The van der Waals surface area contributed by atoms with Crippen LogP contribution in [0.2, 0.25) is 0 Å². The average Bonchev–Trinajstić information content (AvgIpc) is 3.37. The summed E-state index contributed by atoms with van der Waals surface area (Å²) in [6.07, 6.45) is 5.00.